The number of anilines is 3. The second-order valence-corrected chi connectivity index (χ2v) is 5.70. The van der Waals surface area contributed by atoms with E-state index in [-0.39, 0.29) is 11.8 Å². The van der Waals surface area contributed by atoms with Crippen molar-refractivity contribution in [2.45, 2.75) is 19.9 Å². The molecule has 0 radical (unpaired) electrons. The molecule has 2 aromatic carbocycles. The van der Waals surface area contributed by atoms with Gasteiger partial charge >= 0.3 is 0 Å². The highest BCUT2D eigenvalue weighted by Crippen LogP contribution is 2.28. The average molecular weight is 341 g/mol. The first-order valence-corrected chi connectivity index (χ1v) is 7.97. The second-order valence-electron chi connectivity index (χ2n) is 5.70. The molecular formula is C19H23N3O3. The summed E-state index contributed by atoms with van der Waals surface area (Å²) in [5, 5.41) is 5.88. The Bertz CT molecular complexity index is 747. The summed E-state index contributed by atoms with van der Waals surface area (Å²) in [6.07, 6.45) is 0. The standard InChI is InChI=1S/C19H23N3O3/c1-13(19(24)22(3)16-8-6-5-7-9-16)20-17-12-15(21-14(2)23)10-11-18(17)25-4/h5-13,20H,1-4H3,(H,21,23). The lowest BCUT2D eigenvalue weighted by Gasteiger charge is -2.24. The molecule has 0 saturated heterocycles. The molecule has 0 bridgehead atoms. The zero-order valence-electron chi connectivity index (χ0n) is 14.9. The van der Waals surface area contributed by atoms with Gasteiger partial charge in [0, 0.05) is 25.3 Å². The molecule has 0 aromatic heterocycles. The lowest BCUT2D eigenvalue weighted by molar-refractivity contribution is -0.118. The van der Waals surface area contributed by atoms with Crippen LogP contribution < -0.4 is 20.3 Å². The van der Waals surface area contributed by atoms with E-state index >= 15 is 0 Å². The summed E-state index contributed by atoms with van der Waals surface area (Å²) >= 11 is 0. The summed E-state index contributed by atoms with van der Waals surface area (Å²) in [7, 11) is 3.29. The van der Waals surface area contributed by atoms with Crippen molar-refractivity contribution >= 4 is 28.9 Å². The van der Waals surface area contributed by atoms with Crippen molar-refractivity contribution in [1.82, 2.24) is 0 Å². The highest BCUT2D eigenvalue weighted by Gasteiger charge is 2.20. The molecule has 0 aliphatic carbocycles. The maximum Gasteiger partial charge on any atom is 0.248 e. The molecule has 1 atom stereocenters. The van der Waals surface area contributed by atoms with Crippen molar-refractivity contribution < 1.29 is 14.3 Å². The number of carbonyl (C=O) groups is 2. The maximum atomic E-state index is 12.7. The van der Waals surface area contributed by atoms with Crippen LogP contribution in [0.4, 0.5) is 17.1 Å². The van der Waals surface area contributed by atoms with Crippen molar-refractivity contribution in [1.29, 1.82) is 0 Å². The average Bonchev–Trinajstić information content (AvgIpc) is 2.61. The van der Waals surface area contributed by atoms with Crippen molar-refractivity contribution in [3.8, 4) is 5.75 Å². The molecule has 25 heavy (non-hydrogen) atoms. The van der Waals surface area contributed by atoms with Crippen molar-refractivity contribution in [2.24, 2.45) is 0 Å². The van der Waals surface area contributed by atoms with Gasteiger partial charge in [0.05, 0.1) is 12.8 Å². The molecule has 0 spiro atoms. The first-order valence-electron chi connectivity index (χ1n) is 7.97. The quantitative estimate of drug-likeness (QED) is 0.847. The molecule has 2 N–H and O–H groups in total. The maximum absolute atomic E-state index is 12.7. The van der Waals surface area contributed by atoms with Gasteiger partial charge in [-0.1, -0.05) is 18.2 Å². The van der Waals surface area contributed by atoms with Crippen LogP contribution in [0.1, 0.15) is 13.8 Å². The zero-order chi connectivity index (χ0) is 18.4. The van der Waals surface area contributed by atoms with E-state index < -0.39 is 6.04 Å². The topological polar surface area (TPSA) is 70.7 Å². The molecule has 132 valence electrons. The van der Waals surface area contributed by atoms with E-state index in [2.05, 4.69) is 10.6 Å². The predicted octanol–water partition coefficient (Wildman–Crippen LogP) is 3.12. The van der Waals surface area contributed by atoms with Gasteiger partial charge in [-0.15, -0.1) is 0 Å². The molecule has 2 aromatic rings. The van der Waals surface area contributed by atoms with Crippen LogP contribution in [0.15, 0.2) is 48.5 Å². The van der Waals surface area contributed by atoms with Crippen molar-refractivity contribution in [3.05, 3.63) is 48.5 Å². The first-order chi connectivity index (χ1) is 11.9. The lowest BCUT2D eigenvalue weighted by Crippen LogP contribution is -2.39. The molecule has 6 heteroatoms. The molecule has 0 aliphatic heterocycles. The Hall–Kier alpha value is -3.02. The number of ether oxygens (including phenoxy) is 1. The third-order valence-corrected chi connectivity index (χ3v) is 3.74. The monoisotopic (exact) mass is 341 g/mol. The number of benzene rings is 2. The van der Waals surface area contributed by atoms with E-state index in [0.717, 1.165) is 5.69 Å². The summed E-state index contributed by atoms with van der Waals surface area (Å²) in [5.74, 6) is 0.346. The normalized spacial score (nSPS) is 11.4. The fourth-order valence-electron chi connectivity index (χ4n) is 2.47. The van der Waals surface area contributed by atoms with Gasteiger partial charge in [-0.05, 0) is 37.3 Å². The van der Waals surface area contributed by atoms with Crippen LogP contribution in [0.2, 0.25) is 0 Å². The first kappa shape index (κ1) is 18.3. The third kappa shape index (κ3) is 4.73. The number of nitrogens with one attached hydrogen (secondary N) is 2. The number of nitrogens with zero attached hydrogens (tertiary/aromatic N) is 1. The van der Waals surface area contributed by atoms with Crippen LogP contribution in [-0.2, 0) is 9.59 Å². The van der Waals surface area contributed by atoms with Gasteiger partial charge in [0.25, 0.3) is 0 Å². The number of hydrogen-bond acceptors (Lipinski definition) is 4. The van der Waals surface area contributed by atoms with Gasteiger partial charge in [0.15, 0.2) is 0 Å². The fourth-order valence-corrected chi connectivity index (χ4v) is 2.47. The highest BCUT2D eigenvalue weighted by atomic mass is 16.5. The number of rotatable bonds is 6. The van der Waals surface area contributed by atoms with Gasteiger partial charge in [0.1, 0.15) is 11.8 Å². The van der Waals surface area contributed by atoms with E-state index in [4.69, 9.17) is 4.74 Å². The molecule has 0 saturated carbocycles. The van der Waals surface area contributed by atoms with Gasteiger partial charge < -0.3 is 20.3 Å². The SMILES string of the molecule is COc1ccc(NC(C)=O)cc1NC(C)C(=O)N(C)c1ccccc1. The number of carbonyl (C=O) groups excluding carboxylic acids is 2. The van der Waals surface area contributed by atoms with E-state index in [1.165, 1.54) is 6.92 Å². The Morgan fingerprint density at radius 3 is 2.40 bits per heavy atom. The van der Waals surface area contributed by atoms with Crippen LogP contribution in [0.25, 0.3) is 0 Å². The third-order valence-electron chi connectivity index (χ3n) is 3.74. The predicted molar refractivity (Wildman–Crippen MR) is 100 cm³/mol. The van der Waals surface area contributed by atoms with E-state index in [1.807, 2.05) is 30.3 Å². The zero-order valence-corrected chi connectivity index (χ0v) is 14.9. The van der Waals surface area contributed by atoms with Gasteiger partial charge in [-0.2, -0.15) is 0 Å². The summed E-state index contributed by atoms with van der Waals surface area (Å²) in [6.45, 7) is 3.23. The molecule has 6 nitrogen and oxygen atoms in total. The molecular weight excluding hydrogens is 318 g/mol. The number of methoxy groups -OCH3 is 1. The van der Waals surface area contributed by atoms with Crippen LogP contribution in [0.5, 0.6) is 5.75 Å². The highest BCUT2D eigenvalue weighted by molar-refractivity contribution is 5.98. The number of amides is 2. The Balaban J connectivity index is 2.17. The number of likely N-dealkylation sites (N-methyl/N-ethyl adjacent to an activating group) is 1. The lowest BCUT2D eigenvalue weighted by atomic mass is 10.2. The minimum Gasteiger partial charge on any atom is -0.495 e. The number of hydrogen-bond donors (Lipinski definition) is 2. The molecule has 2 amide bonds. The summed E-state index contributed by atoms with van der Waals surface area (Å²) in [5.41, 5.74) is 2.09. The van der Waals surface area contributed by atoms with E-state index in [0.29, 0.717) is 17.1 Å². The summed E-state index contributed by atoms with van der Waals surface area (Å²) in [4.78, 5) is 25.5. The molecule has 1 unspecified atom stereocenters. The van der Waals surface area contributed by atoms with E-state index in [1.54, 1.807) is 44.2 Å². The largest absolute Gasteiger partial charge is 0.495 e. The van der Waals surface area contributed by atoms with Crippen LogP contribution >= 0.6 is 0 Å². The molecule has 2 rings (SSSR count). The van der Waals surface area contributed by atoms with Crippen molar-refractivity contribution in [3.63, 3.8) is 0 Å². The summed E-state index contributed by atoms with van der Waals surface area (Å²) in [6, 6.07) is 14.2. The molecule has 0 fully saturated rings. The Kier molecular flexibility index (Phi) is 6.00. The smallest absolute Gasteiger partial charge is 0.248 e. The molecule has 0 aliphatic rings. The van der Waals surface area contributed by atoms with E-state index in [9.17, 15) is 9.59 Å². The Morgan fingerprint density at radius 2 is 1.80 bits per heavy atom. The second kappa shape index (κ2) is 8.19. The minimum absolute atomic E-state index is 0.0850. The number of para-hydroxylation sites is 1. The van der Waals surface area contributed by atoms with Crippen LogP contribution in [-0.4, -0.2) is 32.0 Å². The molecule has 0 heterocycles. The van der Waals surface area contributed by atoms with Gasteiger partial charge in [-0.3, -0.25) is 9.59 Å². The van der Waals surface area contributed by atoms with Crippen LogP contribution in [0, 0.1) is 0 Å². The Labute approximate surface area is 147 Å². The minimum atomic E-state index is -0.480. The summed E-state index contributed by atoms with van der Waals surface area (Å²) < 4.78 is 5.33. The van der Waals surface area contributed by atoms with Crippen LogP contribution in [0.3, 0.4) is 0 Å². The Morgan fingerprint density at radius 1 is 1.12 bits per heavy atom. The van der Waals surface area contributed by atoms with Crippen molar-refractivity contribution in [2.75, 3.05) is 29.7 Å². The van der Waals surface area contributed by atoms with Gasteiger partial charge in [-0.25, -0.2) is 0 Å². The van der Waals surface area contributed by atoms with Gasteiger partial charge in [0.2, 0.25) is 11.8 Å². The fraction of sp³-hybridized carbons (Fsp3) is 0.263.